The molecule has 2 rings (SSSR count). The number of nitrogens with zero attached hydrogens (tertiary/aromatic N) is 1. The molecule has 0 aromatic heterocycles. The minimum atomic E-state index is -0.188. The number of methoxy groups -OCH3 is 1. The molecule has 1 saturated heterocycles. The molecule has 0 bridgehead atoms. The quantitative estimate of drug-likeness (QED) is 0.720. The van der Waals surface area contributed by atoms with Gasteiger partial charge < -0.3 is 9.64 Å². The molecule has 0 aromatic carbocycles. The lowest BCUT2D eigenvalue weighted by Gasteiger charge is -2.32. The topological polar surface area (TPSA) is 46.6 Å². The standard InChI is InChI=1S/C15H25NO3/c1-14(2)11(15(14,3)4)12(17)16-8-6-7-10(9-16)13(18)19-5/h10-11H,6-9H2,1-5H3/t10-/m0/s1. The van der Waals surface area contributed by atoms with Crippen molar-refractivity contribution in [2.75, 3.05) is 20.2 Å². The summed E-state index contributed by atoms with van der Waals surface area (Å²) in [6.07, 6.45) is 1.72. The molecule has 0 N–H and O–H groups in total. The third-order valence-corrected chi connectivity index (χ3v) is 5.54. The summed E-state index contributed by atoms with van der Waals surface area (Å²) < 4.78 is 4.80. The summed E-state index contributed by atoms with van der Waals surface area (Å²) in [6.45, 7) is 9.90. The van der Waals surface area contributed by atoms with E-state index in [0.29, 0.717) is 6.54 Å². The summed E-state index contributed by atoms with van der Waals surface area (Å²) in [6, 6.07) is 0. The summed E-state index contributed by atoms with van der Waals surface area (Å²) in [5.41, 5.74) is 0.116. The molecule has 0 unspecified atom stereocenters. The lowest BCUT2D eigenvalue weighted by molar-refractivity contribution is -0.149. The Bertz CT molecular complexity index is 386. The van der Waals surface area contributed by atoms with Crippen LogP contribution in [0.2, 0.25) is 0 Å². The molecule has 0 radical (unpaired) electrons. The molecule has 2 aliphatic rings. The van der Waals surface area contributed by atoms with Crippen molar-refractivity contribution < 1.29 is 14.3 Å². The number of hydrogen-bond donors (Lipinski definition) is 0. The largest absolute Gasteiger partial charge is 0.469 e. The highest BCUT2D eigenvalue weighted by atomic mass is 16.5. The van der Waals surface area contributed by atoms with Crippen molar-refractivity contribution >= 4 is 11.9 Å². The van der Waals surface area contributed by atoms with E-state index in [1.807, 2.05) is 4.90 Å². The Morgan fingerprint density at radius 3 is 2.21 bits per heavy atom. The van der Waals surface area contributed by atoms with Crippen molar-refractivity contribution in [2.24, 2.45) is 22.7 Å². The second-order valence-electron chi connectivity index (χ2n) is 7.02. The Hall–Kier alpha value is -1.06. The van der Waals surface area contributed by atoms with Crippen LogP contribution in [-0.4, -0.2) is 37.0 Å². The van der Waals surface area contributed by atoms with Gasteiger partial charge in [-0.3, -0.25) is 9.59 Å². The molecule has 108 valence electrons. The molecule has 4 nitrogen and oxygen atoms in total. The molecule has 1 aliphatic carbocycles. The fourth-order valence-electron chi connectivity index (χ4n) is 3.53. The van der Waals surface area contributed by atoms with Crippen LogP contribution in [-0.2, 0) is 14.3 Å². The number of piperidine rings is 1. The van der Waals surface area contributed by atoms with E-state index in [9.17, 15) is 9.59 Å². The van der Waals surface area contributed by atoms with E-state index in [4.69, 9.17) is 4.74 Å². The van der Waals surface area contributed by atoms with Crippen LogP contribution < -0.4 is 0 Å². The van der Waals surface area contributed by atoms with Crippen LogP contribution >= 0.6 is 0 Å². The first-order valence-corrected chi connectivity index (χ1v) is 7.10. The third-order valence-electron chi connectivity index (χ3n) is 5.54. The van der Waals surface area contributed by atoms with Gasteiger partial charge in [0.05, 0.1) is 13.0 Å². The third kappa shape index (κ3) is 2.15. The highest BCUT2D eigenvalue weighted by molar-refractivity contribution is 5.85. The first-order valence-electron chi connectivity index (χ1n) is 7.10. The summed E-state index contributed by atoms with van der Waals surface area (Å²) in [7, 11) is 1.41. The number of hydrogen-bond acceptors (Lipinski definition) is 3. The van der Waals surface area contributed by atoms with Crippen molar-refractivity contribution in [1.82, 2.24) is 4.90 Å². The first kappa shape index (κ1) is 14.4. The smallest absolute Gasteiger partial charge is 0.310 e. The van der Waals surface area contributed by atoms with Gasteiger partial charge in [-0.25, -0.2) is 0 Å². The zero-order valence-corrected chi connectivity index (χ0v) is 12.7. The Kier molecular flexibility index (Phi) is 3.40. The van der Waals surface area contributed by atoms with E-state index in [-0.39, 0.29) is 34.5 Å². The normalized spacial score (nSPS) is 28.9. The molecule has 0 aromatic rings. The van der Waals surface area contributed by atoms with Gasteiger partial charge in [-0.15, -0.1) is 0 Å². The highest BCUT2D eigenvalue weighted by Gasteiger charge is 2.68. The molecule has 0 spiro atoms. The van der Waals surface area contributed by atoms with Crippen molar-refractivity contribution in [3.63, 3.8) is 0 Å². The average molecular weight is 267 g/mol. The SMILES string of the molecule is COC(=O)[C@H]1CCCN(C(=O)C2C(C)(C)C2(C)C)C1. The molecule has 19 heavy (non-hydrogen) atoms. The van der Waals surface area contributed by atoms with E-state index < -0.39 is 0 Å². The Labute approximate surface area is 115 Å². The van der Waals surface area contributed by atoms with Gasteiger partial charge in [-0.1, -0.05) is 27.7 Å². The molecule has 4 heteroatoms. The molecule has 1 amide bonds. The zero-order valence-electron chi connectivity index (χ0n) is 12.7. The van der Waals surface area contributed by atoms with Crippen LogP contribution in [0.15, 0.2) is 0 Å². The van der Waals surface area contributed by atoms with Gasteiger partial charge in [0.2, 0.25) is 5.91 Å². The van der Waals surface area contributed by atoms with Crippen LogP contribution in [0, 0.1) is 22.7 Å². The molecular formula is C15H25NO3. The lowest BCUT2D eigenvalue weighted by atomic mass is 9.97. The van der Waals surface area contributed by atoms with Gasteiger partial charge in [0.25, 0.3) is 0 Å². The predicted molar refractivity (Wildman–Crippen MR) is 72.4 cm³/mol. The van der Waals surface area contributed by atoms with Crippen LogP contribution in [0.25, 0.3) is 0 Å². The Morgan fingerprint density at radius 1 is 1.16 bits per heavy atom. The number of rotatable bonds is 2. The molecule has 1 aliphatic heterocycles. The number of ether oxygens (including phenoxy) is 1. The van der Waals surface area contributed by atoms with Gasteiger partial charge in [-0.05, 0) is 23.7 Å². The van der Waals surface area contributed by atoms with Gasteiger partial charge in [-0.2, -0.15) is 0 Å². The number of esters is 1. The fourth-order valence-corrected chi connectivity index (χ4v) is 3.53. The lowest BCUT2D eigenvalue weighted by Crippen LogP contribution is -2.44. The Balaban J connectivity index is 2.03. The van der Waals surface area contributed by atoms with Gasteiger partial charge in [0, 0.05) is 19.0 Å². The van der Waals surface area contributed by atoms with Crippen molar-refractivity contribution in [3.8, 4) is 0 Å². The van der Waals surface area contributed by atoms with Gasteiger partial charge in [0.1, 0.15) is 0 Å². The summed E-state index contributed by atoms with van der Waals surface area (Å²) in [5, 5.41) is 0. The van der Waals surface area contributed by atoms with Crippen molar-refractivity contribution in [2.45, 2.75) is 40.5 Å². The van der Waals surface area contributed by atoms with E-state index in [1.165, 1.54) is 7.11 Å². The zero-order chi connectivity index (χ0) is 14.4. The van der Waals surface area contributed by atoms with Gasteiger partial charge >= 0.3 is 5.97 Å². The number of likely N-dealkylation sites (tertiary alicyclic amines) is 1. The molecule has 2 fully saturated rings. The number of amides is 1. The summed E-state index contributed by atoms with van der Waals surface area (Å²) >= 11 is 0. The van der Waals surface area contributed by atoms with Crippen LogP contribution in [0.1, 0.15) is 40.5 Å². The average Bonchev–Trinajstić information content (AvgIpc) is 2.78. The minimum Gasteiger partial charge on any atom is -0.469 e. The minimum absolute atomic E-state index is 0.0578. The van der Waals surface area contributed by atoms with E-state index in [0.717, 1.165) is 19.4 Å². The molecule has 1 atom stereocenters. The maximum atomic E-state index is 12.6. The highest BCUT2D eigenvalue weighted by Crippen LogP contribution is 2.68. The molecular weight excluding hydrogens is 242 g/mol. The second kappa shape index (κ2) is 4.50. The predicted octanol–water partition coefficient (Wildman–Crippen LogP) is 2.08. The van der Waals surface area contributed by atoms with Crippen molar-refractivity contribution in [1.29, 1.82) is 0 Å². The summed E-state index contributed by atoms with van der Waals surface area (Å²) in [4.78, 5) is 26.1. The van der Waals surface area contributed by atoms with E-state index in [2.05, 4.69) is 27.7 Å². The number of carbonyl (C=O) groups is 2. The van der Waals surface area contributed by atoms with Crippen LogP contribution in [0.5, 0.6) is 0 Å². The number of carbonyl (C=O) groups excluding carboxylic acids is 2. The first-order chi connectivity index (χ1) is 8.73. The Morgan fingerprint density at radius 2 is 1.74 bits per heavy atom. The molecule has 1 heterocycles. The van der Waals surface area contributed by atoms with Crippen LogP contribution in [0.4, 0.5) is 0 Å². The van der Waals surface area contributed by atoms with E-state index in [1.54, 1.807) is 0 Å². The fraction of sp³-hybridized carbons (Fsp3) is 0.867. The maximum absolute atomic E-state index is 12.6. The maximum Gasteiger partial charge on any atom is 0.310 e. The monoisotopic (exact) mass is 267 g/mol. The van der Waals surface area contributed by atoms with Gasteiger partial charge in [0.15, 0.2) is 0 Å². The molecule has 1 saturated carbocycles. The summed E-state index contributed by atoms with van der Waals surface area (Å²) in [5.74, 6) is -0.0421. The second-order valence-corrected chi connectivity index (χ2v) is 7.02. The van der Waals surface area contributed by atoms with E-state index >= 15 is 0 Å². The van der Waals surface area contributed by atoms with Crippen molar-refractivity contribution in [3.05, 3.63) is 0 Å². The van der Waals surface area contributed by atoms with Crippen LogP contribution in [0.3, 0.4) is 0 Å².